The monoisotopic (exact) mass is 378 g/mol. The van der Waals surface area contributed by atoms with Crippen LogP contribution in [0.1, 0.15) is 13.8 Å². The van der Waals surface area contributed by atoms with E-state index in [1.807, 2.05) is 0 Å². The maximum Gasteiger partial charge on any atom is 0.334 e. The Balaban J connectivity index is 1.88. The van der Waals surface area contributed by atoms with Crippen molar-refractivity contribution in [3.63, 3.8) is 0 Å². The lowest BCUT2D eigenvalue weighted by Gasteiger charge is -2.54. The lowest BCUT2D eigenvalue weighted by molar-refractivity contribution is -0.174. The fraction of sp³-hybridized carbons (Fsp3) is 0.412. The lowest BCUT2D eigenvalue weighted by Crippen LogP contribution is -2.78. The number of carbonyl (C=O) groups is 4. The summed E-state index contributed by atoms with van der Waals surface area (Å²) in [5, 5.41) is -0.954. The highest BCUT2D eigenvalue weighted by Gasteiger charge is 2.62. The van der Waals surface area contributed by atoms with Crippen LogP contribution in [0.2, 0.25) is 0 Å². The maximum absolute atomic E-state index is 12.7. The second kappa shape index (κ2) is 6.01. The molecule has 9 heteroatoms. The molecule has 0 bridgehead atoms. The van der Waals surface area contributed by atoms with Gasteiger partial charge < -0.3 is 9.64 Å². The van der Waals surface area contributed by atoms with Crippen LogP contribution in [0.4, 0.5) is 0 Å². The zero-order valence-corrected chi connectivity index (χ0v) is 15.2. The van der Waals surface area contributed by atoms with Crippen LogP contribution in [-0.4, -0.2) is 66.5 Å². The van der Waals surface area contributed by atoms with Crippen molar-refractivity contribution in [3.8, 4) is 0 Å². The van der Waals surface area contributed by atoms with Gasteiger partial charge in [-0.2, -0.15) is 0 Å². The number of carbonyl (C=O) groups excluding carboxylic acids is 4. The first-order chi connectivity index (χ1) is 12.1. The predicted molar refractivity (Wildman–Crippen MR) is 91.7 cm³/mol. The number of nitrogens with zero attached hydrogens (tertiary/aromatic N) is 2. The highest BCUT2D eigenvalue weighted by molar-refractivity contribution is 7.86. The van der Waals surface area contributed by atoms with E-state index in [0.717, 1.165) is 22.0 Å². The zero-order chi connectivity index (χ0) is 19.4. The number of hydrogen-bond donors (Lipinski definition) is 0. The van der Waals surface area contributed by atoms with E-state index in [2.05, 4.69) is 13.2 Å². The average molecular weight is 378 g/mol. The first-order valence-electron chi connectivity index (χ1n) is 7.88. The van der Waals surface area contributed by atoms with Crippen molar-refractivity contribution in [3.05, 3.63) is 37.0 Å². The second-order valence-electron chi connectivity index (χ2n) is 6.78. The molecule has 0 aromatic rings. The van der Waals surface area contributed by atoms with E-state index in [4.69, 9.17) is 4.74 Å². The molecule has 0 saturated carbocycles. The number of esters is 1. The minimum Gasteiger partial charge on any atom is -0.454 e. The molecule has 0 spiro atoms. The van der Waals surface area contributed by atoms with Crippen LogP contribution < -0.4 is 0 Å². The maximum atomic E-state index is 12.7. The number of rotatable bonds is 4. The van der Waals surface area contributed by atoms with Gasteiger partial charge in [0.1, 0.15) is 11.0 Å². The smallest absolute Gasteiger partial charge is 0.334 e. The number of fused-ring (bicyclic) bond motifs is 1. The minimum atomic E-state index is -1.59. The molecule has 138 valence electrons. The highest BCUT2D eigenvalue weighted by Crippen LogP contribution is 2.38. The molecular weight excluding hydrogens is 360 g/mol. The lowest BCUT2D eigenvalue weighted by atomic mass is 9.97. The molecule has 2 saturated heterocycles. The van der Waals surface area contributed by atoms with Crippen molar-refractivity contribution in [2.24, 2.45) is 0 Å². The standard InChI is InChI=1S/C17H18N2O6S/c1-5-17(3,4)25-16(23)12-9(2)8-26(24)15-13(14(22)19(12)15)18-10(20)6-7-11(18)21/h5-7,12-13,15H,1-2,8H2,3-4H3/t12?,13?,15-,26?/m0/s1. The molecule has 0 aromatic carbocycles. The van der Waals surface area contributed by atoms with Gasteiger partial charge >= 0.3 is 5.97 Å². The van der Waals surface area contributed by atoms with E-state index < -0.39 is 57.5 Å². The molecule has 0 aromatic heterocycles. The second-order valence-corrected chi connectivity index (χ2v) is 8.31. The third-order valence-electron chi connectivity index (χ3n) is 4.51. The van der Waals surface area contributed by atoms with Gasteiger partial charge in [0.05, 0.1) is 10.8 Å². The van der Waals surface area contributed by atoms with Gasteiger partial charge in [0, 0.05) is 17.9 Å². The van der Waals surface area contributed by atoms with Gasteiger partial charge in [-0.05, 0) is 25.5 Å². The zero-order valence-electron chi connectivity index (χ0n) is 14.3. The molecule has 3 aliphatic rings. The Kier molecular flexibility index (Phi) is 4.22. The van der Waals surface area contributed by atoms with Gasteiger partial charge in [0.25, 0.3) is 17.7 Å². The van der Waals surface area contributed by atoms with Crippen molar-refractivity contribution in [1.82, 2.24) is 9.80 Å². The fourth-order valence-corrected chi connectivity index (χ4v) is 4.82. The van der Waals surface area contributed by atoms with Gasteiger partial charge in [-0.3, -0.25) is 23.5 Å². The van der Waals surface area contributed by atoms with Crippen LogP contribution in [0.25, 0.3) is 0 Å². The van der Waals surface area contributed by atoms with Gasteiger partial charge in [-0.15, -0.1) is 0 Å². The van der Waals surface area contributed by atoms with Crippen molar-refractivity contribution >= 4 is 34.5 Å². The Morgan fingerprint density at radius 1 is 1.31 bits per heavy atom. The van der Waals surface area contributed by atoms with Crippen LogP contribution in [0.15, 0.2) is 37.0 Å². The van der Waals surface area contributed by atoms with Crippen LogP contribution in [0.5, 0.6) is 0 Å². The Morgan fingerprint density at radius 2 is 1.88 bits per heavy atom. The molecule has 0 radical (unpaired) electrons. The summed E-state index contributed by atoms with van der Waals surface area (Å²) in [6, 6.07) is -2.29. The molecule has 4 atom stereocenters. The van der Waals surface area contributed by atoms with Crippen LogP contribution in [-0.2, 0) is 34.7 Å². The van der Waals surface area contributed by atoms with E-state index in [-0.39, 0.29) is 11.3 Å². The third-order valence-corrected chi connectivity index (χ3v) is 6.19. The molecule has 3 unspecified atom stereocenters. The topological polar surface area (TPSA) is 101 Å². The molecule has 26 heavy (non-hydrogen) atoms. The summed E-state index contributed by atoms with van der Waals surface area (Å²) in [5.41, 5.74) is -0.671. The molecular formula is C17H18N2O6S. The van der Waals surface area contributed by atoms with Crippen molar-refractivity contribution in [1.29, 1.82) is 0 Å². The van der Waals surface area contributed by atoms with E-state index in [9.17, 15) is 23.4 Å². The van der Waals surface area contributed by atoms with Gasteiger partial charge in [0.15, 0.2) is 12.1 Å². The minimum absolute atomic E-state index is 0.0249. The largest absolute Gasteiger partial charge is 0.454 e. The normalized spacial score (nSPS) is 31.0. The molecule has 3 rings (SSSR count). The third kappa shape index (κ3) is 2.63. The van der Waals surface area contributed by atoms with E-state index in [1.165, 1.54) is 6.08 Å². The summed E-state index contributed by atoms with van der Waals surface area (Å²) in [6.45, 7) is 10.6. The Hall–Kier alpha value is -2.55. The van der Waals surface area contributed by atoms with Gasteiger partial charge in [-0.25, -0.2) is 4.79 Å². The summed E-state index contributed by atoms with van der Waals surface area (Å²) >= 11 is 0. The van der Waals surface area contributed by atoms with Crippen molar-refractivity contribution in [2.75, 3.05) is 5.75 Å². The summed E-state index contributed by atoms with van der Waals surface area (Å²) < 4.78 is 17.9. The molecule has 3 aliphatic heterocycles. The summed E-state index contributed by atoms with van der Waals surface area (Å²) in [4.78, 5) is 50.9. The quantitative estimate of drug-likeness (QED) is 0.287. The van der Waals surface area contributed by atoms with Crippen molar-refractivity contribution in [2.45, 2.75) is 36.9 Å². The van der Waals surface area contributed by atoms with Gasteiger partial charge in [-0.1, -0.05) is 13.2 Å². The molecule has 2 fully saturated rings. The van der Waals surface area contributed by atoms with E-state index >= 15 is 0 Å². The first kappa shape index (κ1) is 18.2. The Bertz CT molecular complexity index is 796. The predicted octanol–water partition coefficient (Wildman–Crippen LogP) is -0.357. The fourth-order valence-electron chi connectivity index (χ4n) is 3.12. The van der Waals surface area contributed by atoms with Crippen LogP contribution in [0, 0.1) is 0 Å². The Morgan fingerprint density at radius 3 is 2.42 bits per heavy atom. The van der Waals surface area contributed by atoms with Crippen LogP contribution in [0.3, 0.4) is 0 Å². The van der Waals surface area contributed by atoms with Crippen molar-refractivity contribution < 1.29 is 28.1 Å². The molecule has 3 heterocycles. The SMILES string of the molecule is C=CC(C)(C)OC(=O)C1C(=C)CS(=O)[C@H]2C(N3C(=O)C=CC3=O)C(=O)N12. The number of imide groups is 1. The van der Waals surface area contributed by atoms with E-state index in [1.54, 1.807) is 13.8 Å². The highest BCUT2D eigenvalue weighted by atomic mass is 32.2. The molecule has 3 amide bonds. The molecule has 0 aliphatic carbocycles. The first-order valence-corrected chi connectivity index (χ1v) is 9.26. The number of amides is 3. The number of ether oxygens (including phenoxy) is 1. The van der Waals surface area contributed by atoms with E-state index in [0.29, 0.717) is 0 Å². The molecule has 8 nitrogen and oxygen atoms in total. The summed E-state index contributed by atoms with van der Waals surface area (Å²) in [5.74, 6) is -2.65. The Labute approximate surface area is 152 Å². The number of hydrogen-bond acceptors (Lipinski definition) is 6. The van der Waals surface area contributed by atoms with Gasteiger partial charge in [0.2, 0.25) is 0 Å². The van der Waals surface area contributed by atoms with Crippen LogP contribution >= 0.6 is 0 Å². The summed E-state index contributed by atoms with van der Waals surface area (Å²) in [6.07, 6.45) is 3.56. The number of β-lactam (4-membered cyclic amide) rings is 1. The average Bonchev–Trinajstić information content (AvgIpc) is 2.87. The molecule has 0 N–H and O–H groups in total. The summed E-state index contributed by atoms with van der Waals surface area (Å²) in [7, 11) is -1.59.